The molecule has 0 bridgehead atoms. The monoisotopic (exact) mass is 243 g/mol. The van der Waals surface area contributed by atoms with Gasteiger partial charge in [0.25, 0.3) is 0 Å². The van der Waals surface area contributed by atoms with Gasteiger partial charge in [-0.2, -0.15) is 0 Å². The summed E-state index contributed by atoms with van der Waals surface area (Å²) in [6.45, 7) is 3.58. The molecule has 0 atom stereocenters. The molecule has 92 valence electrons. The van der Waals surface area contributed by atoms with Crippen molar-refractivity contribution in [3.05, 3.63) is 52.9 Å². The SMILES string of the molecule is Cc1cc(N=Nc2cccc[n+]2[O-])cc(C)c1O. The second kappa shape index (κ2) is 4.83. The quantitative estimate of drug-likeness (QED) is 0.500. The lowest BCUT2D eigenvalue weighted by atomic mass is 10.1. The average Bonchev–Trinajstić information content (AvgIpc) is 2.35. The smallest absolute Gasteiger partial charge is 0.353 e. The third kappa shape index (κ3) is 2.45. The number of nitrogens with zero attached hydrogens (tertiary/aromatic N) is 3. The van der Waals surface area contributed by atoms with Crippen molar-refractivity contribution >= 4 is 11.5 Å². The van der Waals surface area contributed by atoms with E-state index in [0.717, 1.165) is 11.1 Å². The maximum Gasteiger partial charge on any atom is 0.353 e. The summed E-state index contributed by atoms with van der Waals surface area (Å²) in [6.07, 6.45) is 1.36. The van der Waals surface area contributed by atoms with Crippen LogP contribution in [0.1, 0.15) is 11.1 Å². The lowest BCUT2D eigenvalue weighted by Gasteiger charge is -2.02. The van der Waals surface area contributed by atoms with E-state index < -0.39 is 0 Å². The molecule has 0 amide bonds. The largest absolute Gasteiger partial charge is 0.710 e. The van der Waals surface area contributed by atoms with Gasteiger partial charge < -0.3 is 10.3 Å². The van der Waals surface area contributed by atoms with Crippen LogP contribution in [0.2, 0.25) is 0 Å². The van der Waals surface area contributed by atoms with E-state index >= 15 is 0 Å². The molecule has 5 heteroatoms. The second-order valence-electron chi connectivity index (χ2n) is 4.01. The highest BCUT2D eigenvalue weighted by Gasteiger charge is 2.06. The van der Waals surface area contributed by atoms with Crippen molar-refractivity contribution in [3.63, 3.8) is 0 Å². The lowest BCUT2D eigenvalue weighted by Crippen LogP contribution is -2.24. The Balaban J connectivity index is 2.33. The van der Waals surface area contributed by atoms with Crippen molar-refractivity contribution in [1.29, 1.82) is 0 Å². The maximum absolute atomic E-state index is 11.4. The number of hydrogen-bond donors (Lipinski definition) is 1. The Morgan fingerprint density at radius 2 is 1.78 bits per heavy atom. The summed E-state index contributed by atoms with van der Waals surface area (Å²) in [5.41, 5.74) is 2.06. The normalized spacial score (nSPS) is 11.0. The van der Waals surface area contributed by atoms with Crippen LogP contribution >= 0.6 is 0 Å². The molecule has 0 fully saturated rings. The summed E-state index contributed by atoms with van der Waals surface area (Å²) in [5.74, 6) is 0.480. The van der Waals surface area contributed by atoms with Crippen LogP contribution in [-0.2, 0) is 0 Å². The van der Waals surface area contributed by atoms with Crippen LogP contribution < -0.4 is 4.73 Å². The van der Waals surface area contributed by atoms with E-state index in [4.69, 9.17) is 0 Å². The number of aryl methyl sites for hydroxylation is 2. The van der Waals surface area contributed by atoms with Gasteiger partial charge in [-0.15, -0.1) is 0 Å². The number of benzene rings is 1. The molecule has 2 aromatic rings. The van der Waals surface area contributed by atoms with Gasteiger partial charge in [-0.3, -0.25) is 0 Å². The highest BCUT2D eigenvalue weighted by atomic mass is 16.5. The summed E-state index contributed by atoms with van der Waals surface area (Å²) in [4.78, 5) is 0. The molecule has 0 saturated carbocycles. The third-order valence-corrected chi connectivity index (χ3v) is 2.55. The van der Waals surface area contributed by atoms with Crippen LogP contribution in [0.3, 0.4) is 0 Å². The predicted octanol–water partition coefficient (Wildman–Crippen LogP) is 3.06. The van der Waals surface area contributed by atoms with Gasteiger partial charge in [0.15, 0.2) is 0 Å². The third-order valence-electron chi connectivity index (χ3n) is 2.55. The molecule has 0 unspecified atom stereocenters. The van der Waals surface area contributed by atoms with Crippen molar-refractivity contribution in [2.24, 2.45) is 10.2 Å². The van der Waals surface area contributed by atoms with E-state index in [1.807, 2.05) is 0 Å². The van der Waals surface area contributed by atoms with Gasteiger partial charge in [-0.05, 0) is 48.3 Å². The molecule has 0 spiro atoms. The van der Waals surface area contributed by atoms with Crippen molar-refractivity contribution < 1.29 is 9.84 Å². The number of phenols is 1. The van der Waals surface area contributed by atoms with Gasteiger partial charge in [0.2, 0.25) is 0 Å². The van der Waals surface area contributed by atoms with Gasteiger partial charge in [0, 0.05) is 6.07 Å². The Bertz CT molecular complexity index is 586. The number of aromatic hydroxyl groups is 1. The number of pyridine rings is 1. The predicted molar refractivity (Wildman–Crippen MR) is 67.2 cm³/mol. The van der Waals surface area contributed by atoms with Gasteiger partial charge in [-0.25, -0.2) is 4.73 Å². The van der Waals surface area contributed by atoms with Crippen molar-refractivity contribution in [3.8, 4) is 5.75 Å². The lowest BCUT2D eigenvalue weighted by molar-refractivity contribution is -0.591. The molecule has 0 aliphatic heterocycles. The zero-order chi connectivity index (χ0) is 13.1. The first-order valence-electron chi connectivity index (χ1n) is 5.48. The Labute approximate surface area is 105 Å². The minimum absolute atomic E-state index is 0.223. The van der Waals surface area contributed by atoms with E-state index in [0.29, 0.717) is 10.4 Å². The number of aromatic nitrogens is 1. The van der Waals surface area contributed by atoms with Gasteiger partial charge in [0.1, 0.15) is 11.4 Å². The summed E-state index contributed by atoms with van der Waals surface area (Å²) in [5, 5.41) is 28.9. The summed E-state index contributed by atoms with van der Waals surface area (Å²) < 4.78 is 0.642. The topological polar surface area (TPSA) is 71.9 Å². The molecule has 0 aliphatic carbocycles. The first-order valence-corrected chi connectivity index (χ1v) is 5.48. The van der Waals surface area contributed by atoms with Gasteiger partial charge in [0.05, 0.1) is 11.3 Å². The average molecular weight is 243 g/mol. The molecular formula is C13H13N3O2. The minimum atomic E-state index is 0.223. The van der Waals surface area contributed by atoms with E-state index in [2.05, 4.69) is 10.2 Å². The molecule has 1 heterocycles. The highest BCUT2D eigenvalue weighted by Crippen LogP contribution is 2.27. The van der Waals surface area contributed by atoms with E-state index in [-0.39, 0.29) is 11.6 Å². The van der Waals surface area contributed by atoms with Crippen LogP contribution in [-0.4, -0.2) is 5.11 Å². The highest BCUT2D eigenvalue weighted by molar-refractivity contribution is 5.51. The Morgan fingerprint density at radius 3 is 2.39 bits per heavy atom. The first-order chi connectivity index (χ1) is 8.58. The molecule has 0 aliphatic rings. The molecule has 1 N–H and O–H groups in total. The van der Waals surface area contributed by atoms with Crippen molar-refractivity contribution in [2.75, 3.05) is 0 Å². The fourth-order valence-corrected chi connectivity index (χ4v) is 1.60. The first kappa shape index (κ1) is 12.0. The number of phenolic OH excluding ortho intramolecular Hbond substituents is 1. The second-order valence-corrected chi connectivity index (χ2v) is 4.01. The van der Waals surface area contributed by atoms with Gasteiger partial charge in [-0.1, -0.05) is 6.07 Å². The fraction of sp³-hybridized carbons (Fsp3) is 0.154. The Kier molecular flexibility index (Phi) is 3.23. The zero-order valence-corrected chi connectivity index (χ0v) is 10.2. The number of azo groups is 1. The van der Waals surface area contributed by atoms with Crippen LogP contribution in [0.15, 0.2) is 46.8 Å². The van der Waals surface area contributed by atoms with E-state index in [9.17, 15) is 10.3 Å². The van der Waals surface area contributed by atoms with E-state index in [1.165, 1.54) is 6.20 Å². The maximum atomic E-state index is 11.4. The Morgan fingerprint density at radius 1 is 1.11 bits per heavy atom. The molecule has 1 aromatic carbocycles. The van der Waals surface area contributed by atoms with Crippen LogP contribution in [0, 0.1) is 19.1 Å². The molecule has 2 rings (SSSR count). The summed E-state index contributed by atoms with van der Waals surface area (Å²) in [6, 6.07) is 8.35. The summed E-state index contributed by atoms with van der Waals surface area (Å²) in [7, 11) is 0. The molecular weight excluding hydrogens is 230 g/mol. The zero-order valence-electron chi connectivity index (χ0n) is 10.2. The van der Waals surface area contributed by atoms with Crippen LogP contribution in [0.5, 0.6) is 5.75 Å². The summed E-state index contributed by atoms with van der Waals surface area (Å²) >= 11 is 0. The molecule has 0 radical (unpaired) electrons. The van der Waals surface area contributed by atoms with Crippen molar-refractivity contribution in [1.82, 2.24) is 0 Å². The van der Waals surface area contributed by atoms with Gasteiger partial charge >= 0.3 is 5.82 Å². The standard InChI is InChI=1S/C13H13N3O2/c1-9-7-11(8-10(2)13(9)17)14-15-12-5-3-4-6-16(12)18/h3-8,17H,1-2H3. The molecule has 1 aromatic heterocycles. The molecule has 5 nitrogen and oxygen atoms in total. The number of rotatable bonds is 2. The van der Waals surface area contributed by atoms with Crippen LogP contribution in [0.4, 0.5) is 11.5 Å². The molecule has 18 heavy (non-hydrogen) atoms. The number of hydrogen-bond acceptors (Lipinski definition) is 4. The fourth-order valence-electron chi connectivity index (χ4n) is 1.60. The minimum Gasteiger partial charge on any atom is -0.710 e. The van der Waals surface area contributed by atoms with Crippen molar-refractivity contribution in [2.45, 2.75) is 13.8 Å². The Hall–Kier alpha value is -2.43. The van der Waals surface area contributed by atoms with E-state index in [1.54, 1.807) is 44.2 Å². The molecule has 0 saturated heterocycles. The van der Waals surface area contributed by atoms with Crippen LogP contribution in [0.25, 0.3) is 0 Å².